The zero-order valence-corrected chi connectivity index (χ0v) is 12.4. The van der Waals surface area contributed by atoms with Crippen LogP contribution in [-0.2, 0) is 14.3 Å². The summed E-state index contributed by atoms with van der Waals surface area (Å²) >= 11 is 0. The molecule has 1 N–H and O–H groups in total. The van der Waals surface area contributed by atoms with Crippen LogP contribution in [0.5, 0.6) is 0 Å². The number of carboxylic acids is 1. The zero-order chi connectivity index (χ0) is 14.7. The fraction of sp³-hybridized carbons (Fsp3) is 0.867. The Labute approximate surface area is 120 Å². The lowest BCUT2D eigenvalue weighted by atomic mass is 9.87. The van der Waals surface area contributed by atoms with E-state index in [-0.39, 0.29) is 23.8 Å². The molecular formula is C15H25NO4. The third kappa shape index (κ3) is 3.51. The largest absolute Gasteiger partial charge is 0.481 e. The summed E-state index contributed by atoms with van der Waals surface area (Å²) in [5, 5.41) is 9.19. The van der Waals surface area contributed by atoms with E-state index in [1.165, 1.54) is 0 Å². The van der Waals surface area contributed by atoms with Crippen LogP contribution in [0, 0.1) is 17.8 Å². The second kappa shape index (κ2) is 6.57. The zero-order valence-electron chi connectivity index (χ0n) is 12.4. The van der Waals surface area contributed by atoms with Crippen LogP contribution in [0.15, 0.2) is 0 Å². The number of aliphatic carboxylic acids is 1. The molecule has 0 spiro atoms. The number of piperidine rings is 1. The van der Waals surface area contributed by atoms with E-state index in [9.17, 15) is 14.7 Å². The Morgan fingerprint density at radius 3 is 2.65 bits per heavy atom. The molecule has 5 heteroatoms. The molecule has 0 aromatic rings. The molecule has 4 atom stereocenters. The van der Waals surface area contributed by atoms with Crippen molar-refractivity contribution < 1.29 is 19.4 Å². The molecular weight excluding hydrogens is 258 g/mol. The van der Waals surface area contributed by atoms with Gasteiger partial charge in [0.25, 0.3) is 0 Å². The fourth-order valence-corrected chi connectivity index (χ4v) is 3.36. The molecule has 0 aromatic carbocycles. The lowest BCUT2D eigenvalue weighted by molar-refractivity contribution is -0.150. The van der Waals surface area contributed by atoms with Crippen molar-refractivity contribution in [3.8, 4) is 0 Å². The van der Waals surface area contributed by atoms with Gasteiger partial charge in [0, 0.05) is 25.6 Å². The second-order valence-corrected chi connectivity index (χ2v) is 6.24. The monoisotopic (exact) mass is 283 g/mol. The molecule has 2 aliphatic rings. The van der Waals surface area contributed by atoms with Crippen molar-refractivity contribution in [3.05, 3.63) is 0 Å². The maximum Gasteiger partial charge on any atom is 0.308 e. The summed E-state index contributed by atoms with van der Waals surface area (Å²) in [6.07, 6.45) is 3.31. The Bertz CT molecular complexity index is 371. The predicted octanol–water partition coefficient (Wildman–Crippen LogP) is 1.76. The van der Waals surface area contributed by atoms with Crippen molar-refractivity contribution >= 4 is 11.9 Å². The summed E-state index contributed by atoms with van der Waals surface area (Å²) in [5.41, 5.74) is 0. The summed E-state index contributed by atoms with van der Waals surface area (Å²) in [5.74, 6) is -0.800. The summed E-state index contributed by atoms with van der Waals surface area (Å²) in [6, 6.07) is 0. The van der Waals surface area contributed by atoms with E-state index in [1.807, 2.05) is 6.92 Å². The normalized spacial score (nSPS) is 34.8. The number of carbonyl (C=O) groups is 2. The van der Waals surface area contributed by atoms with Gasteiger partial charge in [0.2, 0.25) is 5.91 Å². The van der Waals surface area contributed by atoms with E-state index in [0.717, 1.165) is 19.3 Å². The van der Waals surface area contributed by atoms with Crippen LogP contribution >= 0.6 is 0 Å². The number of nitrogens with zero attached hydrogens (tertiary/aromatic N) is 1. The Morgan fingerprint density at radius 1 is 1.25 bits per heavy atom. The van der Waals surface area contributed by atoms with Gasteiger partial charge in [0.05, 0.1) is 12.0 Å². The number of carboxylic acid groups (broad SMARTS) is 1. The average Bonchev–Trinajstić information content (AvgIpc) is 2.45. The Balaban J connectivity index is 1.98. The van der Waals surface area contributed by atoms with Crippen LogP contribution in [0.4, 0.5) is 0 Å². The first-order chi connectivity index (χ1) is 9.51. The summed E-state index contributed by atoms with van der Waals surface area (Å²) in [4.78, 5) is 25.6. The van der Waals surface area contributed by atoms with Gasteiger partial charge >= 0.3 is 5.97 Å². The van der Waals surface area contributed by atoms with E-state index in [4.69, 9.17) is 4.74 Å². The number of hydrogen-bond acceptors (Lipinski definition) is 3. The maximum absolute atomic E-state index is 12.6. The molecule has 0 aliphatic carbocycles. The van der Waals surface area contributed by atoms with E-state index in [1.54, 1.807) is 4.90 Å². The minimum Gasteiger partial charge on any atom is -0.481 e. The highest BCUT2D eigenvalue weighted by Gasteiger charge is 2.36. The van der Waals surface area contributed by atoms with Gasteiger partial charge in [0.15, 0.2) is 0 Å². The molecule has 4 unspecified atom stereocenters. The SMILES string of the molecule is CCC1CC(C(=O)N2CC(C)CC(C(=O)O)C2)CCO1. The molecule has 5 nitrogen and oxygen atoms in total. The van der Waals surface area contributed by atoms with Crippen LogP contribution in [0.25, 0.3) is 0 Å². The molecule has 2 saturated heterocycles. The molecule has 20 heavy (non-hydrogen) atoms. The highest BCUT2D eigenvalue weighted by atomic mass is 16.5. The van der Waals surface area contributed by atoms with Crippen LogP contribution < -0.4 is 0 Å². The highest BCUT2D eigenvalue weighted by Crippen LogP contribution is 2.28. The van der Waals surface area contributed by atoms with Gasteiger partial charge in [-0.05, 0) is 31.6 Å². The summed E-state index contributed by atoms with van der Waals surface area (Å²) in [6.45, 7) is 5.79. The van der Waals surface area contributed by atoms with Crippen molar-refractivity contribution in [3.63, 3.8) is 0 Å². The molecule has 2 aliphatic heterocycles. The first-order valence-corrected chi connectivity index (χ1v) is 7.64. The Morgan fingerprint density at radius 2 is 2.00 bits per heavy atom. The number of carbonyl (C=O) groups excluding carboxylic acids is 1. The quantitative estimate of drug-likeness (QED) is 0.857. The smallest absolute Gasteiger partial charge is 0.308 e. The second-order valence-electron chi connectivity index (χ2n) is 6.24. The summed E-state index contributed by atoms with van der Waals surface area (Å²) in [7, 11) is 0. The van der Waals surface area contributed by atoms with Crippen LogP contribution in [0.2, 0.25) is 0 Å². The standard InChI is InChI=1S/C15H25NO4/c1-3-13-7-11(4-5-20-13)14(17)16-8-10(2)6-12(9-16)15(18)19/h10-13H,3-9H2,1-2H3,(H,18,19). The van der Waals surface area contributed by atoms with Gasteiger partial charge in [0.1, 0.15) is 0 Å². The molecule has 0 radical (unpaired) electrons. The number of rotatable bonds is 3. The van der Waals surface area contributed by atoms with E-state index in [0.29, 0.717) is 26.1 Å². The lowest BCUT2D eigenvalue weighted by Crippen LogP contribution is -2.49. The van der Waals surface area contributed by atoms with Gasteiger partial charge < -0.3 is 14.7 Å². The maximum atomic E-state index is 12.6. The third-order valence-electron chi connectivity index (χ3n) is 4.49. The van der Waals surface area contributed by atoms with E-state index in [2.05, 4.69) is 6.92 Å². The molecule has 0 aromatic heterocycles. The highest BCUT2D eigenvalue weighted by molar-refractivity contribution is 5.80. The molecule has 2 fully saturated rings. The molecule has 0 bridgehead atoms. The van der Waals surface area contributed by atoms with Crippen molar-refractivity contribution in [2.45, 2.75) is 45.6 Å². The van der Waals surface area contributed by atoms with Crippen molar-refractivity contribution in [1.82, 2.24) is 4.90 Å². The summed E-state index contributed by atoms with van der Waals surface area (Å²) < 4.78 is 5.61. The molecule has 0 saturated carbocycles. The third-order valence-corrected chi connectivity index (χ3v) is 4.49. The lowest BCUT2D eigenvalue weighted by Gasteiger charge is -2.38. The molecule has 114 valence electrons. The van der Waals surface area contributed by atoms with E-state index < -0.39 is 11.9 Å². The molecule has 2 heterocycles. The van der Waals surface area contributed by atoms with Gasteiger partial charge in [-0.25, -0.2) is 0 Å². The first kappa shape index (κ1) is 15.3. The van der Waals surface area contributed by atoms with Crippen LogP contribution in [0.3, 0.4) is 0 Å². The minimum atomic E-state index is -0.784. The number of likely N-dealkylation sites (tertiary alicyclic amines) is 1. The average molecular weight is 283 g/mol. The van der Waals surface area contributed by atoms with Gasteiger partial charge in [-0.2, -0.15) is 0 Å². The minimum absolute atomic E-state index is 0.00782. The van der Waals surface area contributed by atoms with Gasteiger partial charge in [-0.15, -0.1) is 0 Å². The Kier molecular flexibility index (Phi) is 5.02. The van der Waals surface area contributed by atoms with Crippen LogP contribution in [0.1, 0.15) is 39.5 Å². The fourth-order valence-electron chi connectivity index (χ4n) is 3.36. The van der Waals surface area contributed by atoms with Crippen LogP contribution in [-0.4, -0.2) is 47.7 Å². The number of hydrogen-bond donors (Lipinski definition) is 1. The topological polar surface area (TPSA) is 66.8 Å². The predicted molar refractivity (Wildman–Crippen MR) is 74.2 cm³/mol. The number of ether oxygens (including phenoxy) is 1. The van der Waals surface area contributed by atoms with Crippen molar-refractivity contribution in [2.75, 3.05) is 19.7 Å². The van der Waals surface area contributed by atoms with Crippen molar-refractivity contribution in [2.24, 2.45) is 17.8 Å². The van der Waals surface area contributed by atoms with Gasteiger partial charge in [-0.3, -0.25) is 9.59 Å². The molecule has 2 rings (SSSR count). The number of amides is 1. The Hall–Kier alpha value is -1.10. The molecule has 1 amide bonds. The van der Waals surface area contributed by atoms with E-state index >= 15 is 0 Å². The van der Waals surface area contributed by atoms with Crippen molar-refractivity contribution in [1.29, 1.82) is 0 Å². The first-order valence-electron chi connectivity index (χ1n) is 7.64. The van der Waals surface area contributed by atoms with Gasteiger partial charge in [-0.1, -0.05) is 13.8 Å².